The molecule has 6 nitrogen and oxygen atoms in total. The maximum absolute atomic E-state index is 9.15. The van der Waals surface area contributed by atoms with Crippen molar-refractivity contribution in [2.24, 2.45) is 11.8 Å². The molecule has 1 aliphatic carbocycles. The second-order valence-corrected chi connectivity index (χ2v) is 6.44. The van der Waals surface area contributed by atoms with Crippen LogP contribution in [0.2, 0.25) is 0 Å². The molecule has 3 aromatic rings. The molecule has 0 aromatic carbocycles. The molecule has 23 heavy (non-hydrogen) atoms. The predicted octanol–water partition coefficient (Wildman–Crippen LogP) is 3.32. The first kappa shape index (κ1) is 13.9. The minimum Gasteiger partial charge on any atom is -0.346 e. The van der Waals surface area contributed by atoms with Crippen LogP contribution in [0.4, 0.5) is 0 Å². The van der Waals surface area contributed by atoms with Crippen molar-refractivity contribution >= 4 is 11.0 Å². The minimum absolute atomic E-state index is 0.161. The summed E-state index contributed by atoms with van der Waals surface area (Å²) in [5.41, 5.74) is 2.66. The zero-order valence-electron chi connectivity index (χ0n) is 13.0. The Balaban J connectivity index is 1.68. The number of nitrogens with one attached hydrogen (secondary N) is 1. The van der Waals surface area contributed by atoms with E-state index in [2.05, 4.69) is 33.0 Å². The van der Waals surface area contributed by atoms with E-state index in [9.17, 15) is 0 Å². The van der Waals surface area contributed by atoms with E-state index in [0.717, 1.165) is 28.2 Å². The summed E-state index contributed by atoms with van der Waals surface area (Å²) in [6.07, 6.45) is 10.1. The van der Waals surface area contributed by atoms with Crippen LogP contribution in [0.25, 0.3) is 22.3 Å². The number of hydrogen-bond acceptors (Lipinski definition) is 4. The Kier molecular flexibility index (Phi) is 3.34. The summed E-state index contributed by atoms with van der Waals surface area (Å²) < 4.78 is 1.95. The van der Waals surface area contributed by atoms with Crippen LogP contribution in [-0.4, -0.2) is 24.7 Å². The Morgan fingerprint density at radius 1 is 1.43 bits per heavy atom. The number of hydrogen-bond donors (Lipinski definition) is 1. The Labute approximate surface area is 134 Å². The van der Waals surface area contributed by atoms with E-state index < -0.39 is 0 Å². The molecule has 0 spiro atoms. The number of aromatic amines is 1. The molecule has 0 bridgehead atoms. The van der Waals surface area contributed by atoms with Crippen LogP contribution in [0.5, 0.6) is 0 Å². The third-order valence-electron chi connectivity index (χ3n) is 4.82. The molecule has 1 N–H and O–H groups in total. The summed E-state index contributed by atoms with van der Waals surface area (Å²) in [5.74, 6) is 1.31. The second-order valence-electron chi connectivity index (χ2n) is 6.44. The van der Waals surface area contributed by atoms with Crippen molar-refractivity contribution in [1.82, 2.24) is 24.7 Å². The van der Waals surface area contributed by atoms with Crippen LogP contribution in [0.15, 0.2) is 31.0 Å². The van der Waals surface area contributed by atoms with Gasteiger partial charge in [-0.25, -0.2) is 9.97 Å². The molecule has 1 atom stereocenters. The Morgan fingerprint density at radius 3 is 3.09 bits per heavy atom. The van der Waals surface area contributed by atoms with Gasteiger partial charge in [-0.05, 0) is 30.7 Å². The number of aromatic nitrogens is 5. The summed E-state index contributed by atoms with van der Waals surface area (Å²) in [7, 11) is 0. The fourth-order valence-corrected chi connectivity index (χ4v) is 3.59. The monoisotopic (exact) mass is 306 g/mol. The van der Waals surface area contributed by atoms with E-state index in [1.807, 2.05) is 29.3 Å². The lowest BCUT2D eigenvalue weighted by atomic mass is 9.71. The first-order chi connectivity index (χ1) is 11.3. The molecule has 116 valence electrons. The van der Waals surface area contributed by atoms with Gasteiger partial charge in [0.25, 0.3) is 0 Å². The molecule has 1 fully saturated rings. The lowest BCUT2D eigenvalue weighted by Crippen LogP contribution is -2.30. The summed E-state index contributed by atoms with van der Waals surface area (Å²) in [4.78, 5) is 11.7. The lowest BCUT2D eigenvalue weighted by Gasteiger charge is -2.37. The molecule has 0 aliphatic heterocycles. The van der Waals surface area contributed by atoms with Crippen LogP contribution in [-0.2, 0) is 0 Å². The Hall–Kier alpha value is -2.68. The fraction of sp³-hybridized carbons (Fsp3) is 0.412. The summed E-state index contributed by atoms with van der Waals surface area (Å²) in [5, 5.41) is 14.7. The fourth-order valence-electron chi connectivity index (χ4n) is 3.59. The molecular weight excluding hydrogens is 288 g/mol. The Bertz CT molecular complexity index is 864. The van der Waals surface area contributed by atoms with Gasteiger partial charge in [-0.3, -0.25) is 4.68 Å². The highest BCUT2D eigenvalue weighted by Gasteiger charge is 2.34. The highest BCUT2D eigenvalue weighted by atomic mass is 15.3. The van der Waals surface area contributed by atoms with Gasteiger partial charge in [0.15, 0.2) is 0 Å². The maximum atomic E-state index is 9.15. The maximum Gasteiger partial charge on any atom is 0.141 e. The van der Waals surface area contributed by atoms with Crippen LogP contribution in [0.3, 0.4) is 0 Å². The number of nitrogens with zero attached hydrogens (tertiary/aromatic N) is 5. The topological polar surface area (TPSA) is 83.2 Å². The third kappa shape index (κ3) is 2.38. The number of fused-ring (bicyclic) bond motifs is 1. The third-order valence-corrected chi connectivity index (χ3v) is 4.82. The van der Waals surface area contributed by atoms with Crippen molar-refractivity contribution in [2.75, 3.05) is 0 Å². The van der Waals surface area contributed by atoms with Crippen molar-refractivity contribution in [1.29, 1.82) is 5.26 Å². The SMILES string of the molecule is C[C@H]1C[C@@H](C(CC#N)n2cc(-c3ncnc4[nH]ccc34)cn2)C1. The summed E-state index contributed by atoms with van der Waals surface area (Å²) in [6.45, 7) is 2.26. The number of rotatable bonds is 4. The summed E-state index contributed by atoms with van der Waals surface area (Å²) in [6, 6.07) is 4.45. The van der Waals surface area contributed by atoms with E-state index in [4.69, 9.17) is 5.26 Å². The van der Waals surface area contributed by atoms with Gasteiger partial charge < -0.3 is 4.98 Å². The van der Waals surface area contributed by atoms with Gasteiger partial charge in [-0.1, -0.05) is 6.92 Å². The molecule has 0 amide bonds. The van der Waals surface area contributed by atoms with Gasteiger partial charge in [0, 0.05) is 23.3 Å². The molecular formula is C17H18N6. The largest absolute Gasteiger partial charge is 0.346 e. The van der Waals surface area contributed by atoms with Crippen molar-refractivity contribution in [3.8, 4) is 17.3 Å². The molecule has 0 radical (unpaired) electrons. The second kappa shape index (κ2) is 5.51. The quantitative estimate of drug-likeness (QED) is 0.801. The van der Waals surface area contributed by atoms with Crippen molar-refractivity contribution in [3.05, 3.63) is 31.0 Å². The molecule has 0 saturated heterocycles. The van der Waals surface area contributed by atoms with Crippen molar-refractivity contribution in [3.63, 3.8) is 0 Å². The molecule has 6 heteroatoms. The lowest BCUT2D eigenvalue weighted by molar-refractivity contribution is 0.134. The average Bonchev–Trinajstić information content (AvgIpc) is 3.18. The van der Waals surface area contributed by atoms with Crippen molar-refractivity contribution < 1.29 is 0 Å². The van der Waals surface area contributed by atoms with Crippen LogP contribution < -0.4 is 0 Å². The highest BCUT2D eigenvalue weighted by molar-refractivity contribution is 5.89. The van der Waals surface area contributed by atoms with Crippen LogP contribution in [0, 0.1) is 23.2 Å². The molecule has 1 unspecified atom stereocenters. The average molecular weight is 306 g/mol. The summed E-state index contributed by atoms with van der Waals surface area (Å²) >= 11 is 0. The number of nitriles is 1. The molecule has 3 aromatic heterocycles. The zero-order chi connectivity index (χ0) is 15.8. The van der Waals surface area contributed by atoms with Gasteiger partial charge in [-0.2, -0.15) is 10.4 Å². The van der Waals surface area contributed by atoms with Gasteiger partial charge in [0.1, 0.15) is 12.0 Å². The Morgan fingerprint density at radius 2 is 2.30 bits per heavy atom. The van der Waals surface area contributed by atoms with E-state index in [-0.39, 0.29) is 6.04 Å². The van der Waals surface area contributed by atoms with E-state index in [1.165, 1.54) is 12.8 Å². The zero-order valence-corrected chi connectivity index (χ0v) is 13.0. The molecule has 1 aliphatic rings. The number of H-pyrrole nitrogens is 1. The first-order valence-electron chi connectivity index (χ1n) is 7.96. The minimum atomic E-state index is 0.161. The smallest absolute Gasteiger partial charge is 0.141 e. The molecule has 4 rings (SSSR count). The van der Waals surface area contributed by atoms with Gasteiger partial charge in [-0.15, -0.1) is 0 Å². The van der Waals surface area contributed by atoms with E-state index in [1.54, 1.807) is 6.33 Å². The standard InChI is InChI=1S/C17H18N6/c1-11-6-12(7-11)15(2-4-18)23-9-13(8-22-23)16-14-3-5-19-17(14)21-10-20-16/h3,5,8-12,15H,2,6-7H2,1H3,(H,19,20,21)/t11-,12+,15?. The van der Waals surface area contributed by atoms with Gasteiger partial charge in [0.05, 0.1) is 30.4 Å². The van der Waals surface area contributed by atoms with E-state index >= 15 is 0 Å². The van der Waals surface area contributed by atoms with Crippen molar-refractivity contribution in [2.45, 2.75) is 32.2 Å². The molecule has 1 saturated carbocycles. The highest BCUT2D eigenvalue weighted by Crippen LogP contribution is 2.42. The normalized spacial score (nSPS) is 21.7. The van der Waals surface area contributed by atoms with Crippen LogP contribution >= 0.6 is 0 Å². The van der Waals surface area contributed by atoms with Gasteiger partial charge in [0.2, 0.25) is 0 Å². The van der Waals surface area contributed by atoms with E-state index in [0.29, 0.717) is 12.3 Å². The van der Waals surface area contributed by atoms with Gasteiger partial charge >= 0.3 is 0 Å². The van der Waals surface area contributed by atoms with Crippen LogP contribution in [0.1, 0.15) is 32.2 Å². The first-order valence-corrected chi connectivity index (χ1v) is 7.96. The molecule has 3 heterocycles. The predicted molar refractivity (Wildman–Crippen MR) is 86.3 cm³/mol.